The molecule has 2 amide bonds. The third-order valence-electron chi connectivity index (χ3n) is 8.50. The minimum atomic E-state index is -0.527. The van der Waals surface area contributed by atoms with E-state index in [9.17, 15) is 19.7 Å². The molecule has 2 bridgehead atoms. The average molecular weight is 517 g/mol. The van der Waals surface area contributed by atoms with Gasteiger partial charge in [0.2, 0.25) is 5.91 Å². The monoisotopic (exact) mass is 516 g/mol. The maximum Gasteiger partial charge on any atom is 0.270 e. The third kappa shape index (κ3) is 5.30. The molecule has 0 aromatic heterocycles. The second-order valence-electron chi connectivity index (χ2n) is 11.3. The Kier molecular flexibility index (Phi) is 7.76. The van der Waals surface area contributed by atoms with Gasteiger partial charge in [-0.15, -0.1) is 0 Å². The number of nitro groups is 1. The molecule has 1 aliphatic heterocycles. The van der Waals surface area contributed by atoms with E-state index in [2.05, 4.69) is 24.8 Å². The van der Waals surface area contributed by atoms with Gasteiger partial charge in [0.1, 0.15) is 0 Å². The highest BCUT2D eigenvalue weighted by atomic mass is 35.5. The number of carbonyl (C=O) groups is 2. The Labute approximate surface area is 218 Å². The Hall–Kier alpha value is -2.45. The Bertz CT molecular complexity index is 1060. The zero-order chi connectivity index (χ0) is 26.2. The first-order valence-corrected chi connectivity index (χ1v) is 13.3. The van der Waals surface area contributed by atoms with Gasteiger partial charge in [0, 0.05) is 63.9 Å². The number of fused-ring (bicyclic) bond motifs is 1. The van der Waals surface area contributed by atoms with Crippen LogP contribution in [0.15, 0.2) is 29.8 Å². The number of carbonyl (C=O) groups excluding carboxylic acids is 2. The second kappa shape index (κ2) is 10.5. The summed E-state index contributed by atoms with van der Waals surface area (Å²) in [4.78, 5) is 42.4. The molecule has 8 nitrogen and oxygen atoms in total. The van der Waals surface area contributed by atoms with Crippen LogP contribution in [0.5, 0.6) is 0 Å². The Balaban J connectivity index is 1.32. The summed E-state index contributed by atoms with van der Waals surface area (Å²) < 4.78 is 0. The van der Waals surface area contributed by atoms with Gasteiger partial charge in [-0.1, -0.05) is 50.9 Å². The van der Waals surface area contributed by atoms with E-state index in [-0.39, 0.29) is 34.0 Å². The predicted molar refractivity (Wildman–Crippen MR) is 140 cm³/mol. The Morgan fingerprint density at radius 1 is 1.22 bits per heavy atom. The van der Waals surface area contributed by atoms with Crippen LogP contribution in [0.4, 0.5) is 5.69 Å². The Morgan fingerprint density at radius 2 is 1.92 bits per heavy atom. The largest absolute Gasteiger partial charge is 0.337 e. The van der Waals surface area contributed by atoms with E-state index in [1.54, 1.807) is 4.90 Å². The highest BCUT2D eigenvalue weighted by Crippen LogP contribution is 2.59. The van der Waals surface area contributed by atoms with Crippen LogP contribution in [0.1, 0.15) is 50.9 Å². The maximum absolute atomic E-state index is 13.0. The summed E-state index contributed by atoms with van der Waals surface area (Å²) in [5.74, 6) is 1.30. The number of piperazine rings is 1. The van der Waals surface area contributed by atoms with Crippen LogP contribution in [0.2, 0.25) is 5.02 Å². The lowest BCUT2D eigenvalue weighted by Crippen LogP contribution is -2.52. The molecule has 1 heterocycles. The molecular formula is C27H37ClN4O4. The van der Waals surface area contributed by atoms with Crippen molar-refractivity contribution in [3.05, 3.63) is 50.5 Å². The minimum Gasteiger partial charge on any atom is -0.337 e. The summed E-state index contributed by atoms with van der Waals surface area (Å²) in [6, 6.07) is 3.95. The first kappa shape index (κ1) is 26.6. The summed E-state index contributed by atoms with van der Waals surface area (Å²) in [6.45, 7) is 13.3. The molecule has 4 aliphatic rings. The van der Waals surface area contributed by atoms with Crippen molar-refractivity contribution in [2.24, 2.45) is 23.2 Å². The minimum absolute atomic E-state index is 0.0442. The van der Waals surface area contributed by atoms with E-state index >= 15 is 0 Å². The smallest absolute Gasteiger partial charge is 0.270 e. The zero-order valence-electron chi connectivity index (χ0n) is 21.7. The molecule has 0 radical (unpaired) electrons. The first-order chi connectivity index (χ1) is 17.0. The standard InChI is InChI=1S/C27H37ClN4O4/c1-18(2)25(33)31(17-19-5-6-20-15-23(19)27(20,3)4)14-11-29-9-12-30(13-10-29)26(34)22-8-7-21(32(35)36)16-24(22)28/h5,7-8,16,18,20,23H,6,9-15,17H2,1-4H3. The summed E-state index contributed by atoms with van der Waals surface area (Å²) in [5, 5.41) is 11.0. The lowest BCUT2D eigenvalue weighted by Gasteiger charge is -2.57. The van der Waals surface area contributed by atoms with Crippen molar-refractivity contribution in [3.63, 3.8) is 0 Å². The highest BCUT2D eigenvalue weighted by Gasteiger charge is 2.51. The van der Waals surface area contributed by atoms with Gasteiger partial charge in [-0.2, -0.15) is 0 Å². The molecule has 5 rings (SSSR count). The fraction of sp³-hybridized carbons (Fsp3) is 0.630. The van der Waals surface area contributed by atoms with Crippen molar-refractivity contribution < 1.29 is 14.5 Å². The van der Waals surface area contributed by atoms with Gasteiger partial charge in [0.15, 0.2) is 0 Å². The van der Waals surface area contributed by atoms with E-state index < -0.39 is 4.92 Å². The number of rotatable bonds is 8. The molecule has 1 saturated heterocycles. The number of non-ortho nitro benzene ring substituents is 1. The molecule has 196 valence electrons. The number of hydrogen-bond acceptors (Lipinski definition) is 5. The van der Waals surface area contributed by atoms with Crippen molar-refractivity contribution in [1.29, 1.82) is 0 Å². The third-order valence-corrected chi connectivity index (χ3v) is 8.81. The SMILES string of the molecule is CC(C)C(=O)N(CCN1CCN(C(=O)c2ccc([N+](=O)[O-])cc2Cl)CC1)CC1=CCC2CC1C2(C)C. The zero-order valence-corrected chi connectivity index (χ0v) is 22.5. The molecule has 9 heteroatoms. The average Bonchev–Trinajstić information content (AvgIpc) is 2.85. The fourth-order valence-electron chi connectivity index (χ4n) is 5.91. The molecule has 1 aromatic carbocycles. The van der Waals surface area contributed by atoms with Gasteiger partial charge in [0.05, 0.1) is 15.5 Å². The topological polar surface area (TPSA) is 87.0 Å². The first-order valence-electron chi connectivity index (χ1n) is 12.9. The van der Waals surface area contributed by atoms with Crippen molar-refractivity contribution in [2.45, 2.75) is 40.5 Å². The molecule has 1 aromatic rings. The second-order valence-corrected chi connectivity index (χ2v) is 11.7. The van der Waals surface area contributed by atoms with E-state index in [1.807, 2.05) is 18.7 Å². The predicted octanol–water partition coefficient (Wildman–Crippen LogP) is 4.48. The maximum atomic E-state index is 13.0. The van der Waals surface area contributed by atoms with Gasteiger partial charge in [-0.3, -0.25) is 24.6 Å². The van der Waals surface area contributed by atoms with Gasteiger partial charge in [-0.05, 0) is 36.2 Å². The van der Waals surface area contributed by atoms with E-state index in [1.165, 1.54) is 30.2 Å². The lowest BCUT2D eigenvalue weighted by atomic mass is 9.49. The lowest BCUT2D eigenvalue weighted by molar-refractivity contribution is -0.384. The number of nitrogens with zero attached hydrogens (tertiary/aromatic N) is 4. The van der Waals surface area contributed by atoms with Crippen LogP contribution in [-0.4, -0.2) is 77.3 Å². The fourth-order valence-corrected chi connectivity index (χ4v) is 6.16. The molecule has 0 N–H and O–H groups in total. The summed E-state index contributed by atoms with van der Waals surface area (Å²) >= 11 is 6.16. The number of halogens is 1. The van der Waals surface area contributed by atoms with Crippen molar-refractivity contribution in [3.8, 4) is 0 Å². The molecule has 2 atom stereocenters. The van der Waals surface area contributed by atoms with Gasteiger partial charge in [0.25, 0.3) is 11.6 Å². The molecule has 2 fully saturated rings. The molecule has 2 unspecified atom stereocenters. The van der Waals surface area contributed by atoms with Crippen LogP contribution in [-0.2, 0) is 4.79 Å². The van der Waals surface area contributed by atoms with Crippen LogP contribution in [0, 0.1) is 33.3 Å². The number of allylic oxidation sites excluding steroid dienone is 1. The molecule has 1 saturated carbocycles. The quantitative estimate of drug-likeness (QED) is 0.289. The van der Waals surface area contributed by atoms with E-state index in [0.29, 0.717) is 44.1 Å². The summed E-state index contributed by atoms with van der Waals surface area (Å²) in [7, 11) is 0. The van der Waals surface area contributed by atoms with Gasteiger partial charge >= 0.3 is 0 Å². The molecular weight excluding hydrogens is 480 g/mol. The molecule has 0 spiro atoms. The summed E-state index contributed by atoms with van der Waals surface area (Å²) in [5.41, 5.74) is 1.91. The highest BCUT2D eigenvalue weighted by molar-refractivity contribution is 6.34. The van der Waals surface area contributed by atoms with E-state index in [0.717, 1.165) is 25.4 Å². The molecule has 3 aliphatic carbocycles. The van der Waals surface area contributed by atoms with Crippen molar-refractivity contribution in [1.82, 2.24) is 14.7 Å². The number of benzene rings is 1. The van der Waals surface area contributed by atoms with Crippen LogP contribution < -0.4 is 0 Å². The molecule has 36 heavy (non-hydrogen) atoms. The van der Waals surface area contributed by atoms with Gasteiger partial charge < -0.3 is 9.80 Å². The van der Waals surface area contributed by atoms with Crippen LogP contribution in [0.3, 0.4) is 0 Å². The normalized spacial score (nSPS) is 23.2. The summed E-state index contributed by atoms with van der Waals surface area (Å²) in [6.07, 6.45) is 4.74. The van der Waals surface area contributed by atoms with Crippen molar-refractivity contribution in [2.75, 3.05) is 45.8 Å². The number of amides is 2. The number of hydrogen-bond donors (Lipinski definition) is 0. The van der Waals surface area contributed by atoms with Gasteiger partial charge in [-0.25, -0.2) is 0 Å². The van der Waals surface area contributed by atoms with Crippen molar-refractivity contribution >= 4 is 29.1 Å². The number of nitro benzene ring substituents is 1. The van der Waals surface area contributed by atoms with Crippen LogP contribution >= 0.6 is 11.6 Å². The Morgan fingerprint density at radius 3 is 2.47 bits per heavy atom. The van der Waals surface area contributed by atoms with E-state index in [4.69, 9.17) is 11.6 Å². The van der Waals surface area contributed by atoms with Crippen LogP contribution in [0.25, 0.3) is 0 Å².